The average molecular weight is 592 g/mol. The summed E-state index contributed by atoms with van der Waals surface area (Å²) in [5, 5.41) is 3.59. The fourth-order valence-corrected chi connectivity index (χ4v) is 5.67. The summed E-state index contributed by atoms with van der Waals surface area (Å²) in [7, 11) is 0. The number of fused-ring (bicyclic) bond motifs is 1. The second-order valence-electron chi connectivity index (χ2n) is 8.50. The zero-order chi connectivity index (χ0) is 26.6. The molecule has 1 atom stereocenters. The largest absolute Gasteiger partial charge is 0.463 e. The van der Waals surface area contributed by atoms with Crippen molar-refractivity contribution in [2.45, 2.75) is 23.8 Å². The van der Waals surface area contributed by atoms with Gasteiger partial charge in [-0.1, -0.05) is 88.4 Å². The van der Waals surface area contributed by atoms with Crippen molar-refractivity contribution in [1.82, 2.24) is 9.97 Å². The maximum atomic E-state index is 14.2. The van der Waals surface area contributed by atoms with Crippen LogP contribution in [0.5, 0.6) is 0 Å². The number of nitrogens with one attached hydrogen (secondary N) is 2. The van der Waals surface area contributed by atoms with E-state index < -0.39 is 17.4 Å². The van der Waals surface area contributed by atoms with Gasteiger partial charge >= 0.3 is 5.97 Å². The first-order valence-corrected chi connectivity index (χ1v) is 13.7. The molecular formula is C29H23BrFN3O3S. The van der Waals surface area contributed by atoms with Gasteiger partial charge in [-0.05, 0) is 41.8 Å². The first-order valence-electron chi connectivity index (χ1n) is 12.0. The van der Waals surface area contributed by atoms with E-state index in [1.165, 1.54) is 17.8 Å². The lowest BCUT2D eigenvalue weighted by Gasteiger charge is -2.30. The van der Waals surface area contributed by atoms with E-state index in [4.69, 9.17) is 9.72 Å². The molecule has 1 unspecified atom stereocenters. The third-order valence-corrected chi connectivity index (χ3v) is 7.50. The zero-order valence-corrected chi connectivity index (χ0v) is 22.7. The van der Waals surface area contributed by atoms with Crippen LogP contribution in [-0.4, -0.2) is 22.5 Å². The molecule has 0 radical (unpaired) electrons. The molecule has 0 saturated heterocycles. The number of rotatable bonds is 7. The lowest BCUT2D eigenvalue weighted by Crippen LogP contribution is -2.31. The Balaban J connectivity index is 1.67. The first kappa shape index (κ1) is 25.9. The fraction of sp³-hybridized carbons (Fsp3) is 0.138. The fourth-order valence-electron chi connectivity index (χ4n) is 4.41. The second kappa shape index (κ2) is 11.4. The molecule has 1 aliphatic heterocycles. The lowest BCUT2D eigenvalue weighted by molar-refractivity contribution is -0.138. The molecule has 3 aromatic carbocycles. The molecule has 0 saturated carbocycles. The Morgan fingerprint density at radius 2 is 1.84 bits per heavy atom. The Hall–Kier alpha value is -3.69. The predicted octanol–water partition coefficient (Wildman–Crippen LogP) is 6.50. The standard InChI is InChI=1S/C29H23BrFN3O3S/c1-2-37-28(36)23-22(18-12-8-13-20(30)15-18)24-26(32-25(23)17-9-4-3-5-10-17)33-29(34-27(24)35)38-16-19-11-6-7-14-21(19)31/h3-15,22H,2,16H2,1H3,(H2,32,33,34,35). The topological polar surface area (TPSA) is 84.1 Å². The number of aromatic amines is 1. The van der Waals surface area contributed by atoms with Gasteiger partial charge in [0.25, 0.3) is 5.56 Å². The summed E-state index contributed by atoms with van der Waals surface area (Å²) in [4.78, 5) is 34.6. The number of H-pyrrole nitrogens is 1. The Bertz CT molecular complexity index is 1590. The Morgan fingerprint density at radius 3 is 2.58 bits per heavy atom. The molecule has 0 aliphatic carbocycles. The first-order chi connectivity index (χ1) is 18.5. The van der Waals surface area contributed by atoms with Crippen LogP contribution in [0.25, 0.3) is 5.70 Å². The number of esters is 1. The van der Waals surface area contributed by atoms with Crippen LogP contribution >= 0.6 is 27.7 Å². The minimum atomic E-state index is -0.736. The van der Waals surface area contributed by atoms with Crippen LogP contribution in [0.1, 0.15) is 35.1 Å². The number of nitrogens with zero attached hydrogens (tertiary/aromatic N) is 1. The predicted molar refractivity (Wildman–Crippen MR) is 150 cm³/mol. The summed E-state index contributed by atoms with van der Waals surface area (Å²) in [6, 6.07) is 23.4. The highest BCUT2D eigenvalue weighted by Crippen LogP contribution is 2.43. The Kier molecular flexibility index (Phi) is 7.76. The molecule has 5 rings (SSSR count). The number of ether oxygens (including phenoxy) is 1. The highest BCUT2D eigenvalue weighted by atomic mass is 79.9. The summed E-state index contributed by atoms with van der Waals surface area (Å²) in [6.45, 7) is 1.93. The van der Waals surface area contributed by atoms with Crippen LogP contribution in [0.2, 0.25) is 0 Å². The molecule has 9 heteroatoms. The van der Waals surface area contributed by atoms with Gasteiger partial charge in [-0.15, -0.1) is 0 Å². The molecule has 0 bridgehead atoms. The van der Waals surface area contributed by atoms with Crippen LogP contribution in [0, 0.1) is 5.82 Å². The van der Waals surface area contributed by atoms with E-state index in [1.54, 1.807) is 25.1 Å². The Labute approximate surface area is 231 Å². The molecule has 2 N–H and O–H groups in total. The zero-order valence-electron chi connectivity index (χ0n) is 20.3. The van der Waals surface area contributed by atoms with Gasteiger partial charge < -0.3 is 15.0 Å². The Morgan fingerprint density at radius 1 is 1.08 bits per heavy atom. The third kappa shape index (κ3) is 5.30. The molecule has 0 amide bonds. The highest BCUT2D eigenvalue weighted by molar-refractivity contribution is 9.10. The summed E-state index contributed by atoms with van der Waals surface area (Å²) >= 11 is 4.74. The number of hydrogen-bond acceptors (Lipinski definition) is 6. The van der Waals surface area contributed by atoms with Crippen molar-refractivity contribution in [2.75, 3.05) is 11.9 Å². The van der Waals surface area contributed by atoms with Crippen LogP contribution in [0.3, 0.4) is 0 Å². The molecule has 1 aliphatic rings. The van der Waals surface area contributed by atoms with E-state index in [2.05, 4.69) is 26.2 Å². The maximum Gasteiger partial charge on any atom is 0.337 e. The molecule has 6 nitrogen and oxygen atoms in total. The van der Waals surface area contributed by atoms with Crippen LogP contribution in [-0.2, 0) is 15.3 Å². The summed E-state index contributed by atoms with van der Waals surface area (Å²) in [6.07, 6.45) is 0. The lowest BCUT2D eigenvalue weighted by atomic mass is 9.81. The molecule has 0 fully saturated rings. The van der Waals surface area contributed by atoms with Gasteiger partial charge in [0.15, 0.2) is 5.16 Å². The van der Waals surface area contributed by atoms with E-state index in [1.807, 2.05) is 54.6 Å². The normalized spacial score (nSPS) is 14.6. The monoisotopic (exact) mass is 591 g/mol. The number of hydrogen-bond donors (Lipinski definition) is 2. The summed E-state index contributed by atoms with van der Waals surface area (Å²) in [5.74, 6) is -0.950. The maximum absolute atomic E-state index is 14.2. The van der Waals surface area contributed by atoms with Crippen molar-refractivity contribution < 1.29 is 13.9 Å². The van der Waals surface area contributed by atoms with Gasteiger partial charge in [0.1, 0.15) is 11.6 Å². The average Bonchev–Trinajstić information content (AvgIpc) is 2.92. The third-order valence-electron chi connectivity index (χ3n) is 6.09. The molecule has 2 heterocycles. The van der Waals surface area contributed by atoms with Crippen molar-refractivity contribution in [3.8, 4) is 0 Å². The number of carbonyl (C=O) groups excluding carboxylic acids is 1. The SMILES string of the molecule is CCOC(=O)C1=C(c2ccccc2)Nc2nc(SCc3ccccc3F)[nH]c(=O)c2C1c1cccc(Br)c1. The summed E-state index contributed by atoms with van der Waals surface area (Å²) in [5.41, 5.74) is 2.75. The molecular weight excluding hydrogens is 569 g/mol. The van der Waals surface area contributed by atoms with E-state index >= 15 is 0 Å². The minimum absolute atomic E-state index is 0.183. The number of benzene rings is 3. The molecule has 38 heavy (non-hydrogen) atoms. The van der Waals surface area contributed by atoms with Crippen molar-refractivity contribution in [3.05, 3.63) is 127 Å². The van der Waals surface area contributed by atoms with Crippen LogP contribution in [0.4, 0.5) is 10.2 Å². The van der Waals surface area contributed by atoms with Crippen molar-refractivity contribution in [1.29, 1.82) is 0 Å². The van der Waals surface area contributed by atoms with Crippen LogP contribution < -0.4 is 10.9 Å². The summed E-state index contributed by atoms with van der Waals surface area (Å²) < 4.78 is 20.4. The highest BCUT2D eigenvalue weighted by Gasteiger charge is 2.38. The van der Waals surface area contributed by atoms with Crippen molar-refractivity contribution in [2.24, 2.45) is 0 Å². The van der Waals surface area contributed by atoms with E-state index in [0.717, 1.165) is 15.6 Å². The molecule has 4 aromatic rings. The smallest absolute Gasteiger partial charge is 0.337 e. The quantitative estimate of drug-likeness (QED) is 0.145. The number of carbonyl (C=O) groups is 1. The number of aromatic nitrogens is 2. The van der Waals surface area contributed by atoms with Crippen molar-refractivity contribution >= 4 is 45.2 Å². The van der Waals surface area contributed by atoms with E-state index in [-0.39, 0.29) is 12.4 Å². The number of thioether (sulfide) groups is 1. The van der Waals surface area contributed by atoms with Crippen molar-refractivity contribution in [3.63, 3.8) is 0 Å². The molecule has 0 spiro atoms. The molecule has 1 aromatic heterocycles. The van der Waals surface area contributed by atoms with Gasteiger partial charge in [0.05, 0.1) is 29.4 Å². The van der Waals surface area contributed by atoms with Gasteiger partial charge in [0.2, 0.25) is 0 Å². The second-order valence-corrected chi connectivity index (χ2v) is 10.4. The van der Waals surface area contributed by atoms with E-state index in [9.17, 15) is 14.0 Å². The minimum Gasteiger partial charge on any atom is -0.463 e. The van der Waals surface area contributed by atoms with E-state index in [0.29, 0.717) is 39.1 Å². The van der Waals surface area contributed by atoms with Gasteiger partial charge in [-0.25, -0.2) is 14.2 Å². The van der Waals surface area contributed by atoms with Gasteiger partial charge in [0, 0.05) is 10.2 Å². The molecule has 192 valence electrons. The van der Waals surface area contributed by atoms with Gasteiger partial charge in [-0.3, -0.25) is 4.79 Å². The van der Waals surface area contributed by atoms with Gasteiger partial charge in [-0.2, -0.15) is 0 Å². The van der Waals surface area contributed by atoms with Crippen LogP contribution in [0.15, 0.2) is 98.9 Å². The number of anilines is 1. The number of halogens is 2.